The molecule has 1 amide bonds. The Labute approximate surface area is 221 Å². The van der Waals surface area contributed by atoms with Crippen LogP contribution >= 0.6 is 0 Å². The number of pyridine rings is 1. The quantitative estimate of drug-likeness (QED) is 0.380. The molecule has 0 bridgehead atoms. The van der Waals surface area contributed by atoms with Crippen LogP contribution in [-0.2, 0) is 9.53 Å². The number of fused-ring (bicyclic) bond motifs is 1. The number of piperazine rings is 1. The zero-order valence-electron chi connectivity index (χ0n) is 21.2. The maximum atomic E-state index is 11.9. The van der Waals surface area contributed by atoms with Gasteiger partial charge in [-0.1, -0.05) is 18.7 Å². The summed E-state index contributed by atoms with van der Waals surface area (Å²) < 4.78 is 9.34. The molecule has 0 spiro atoms. The lowest BCUT2D eigenvalue weighted by molar-refractivity contribution is -0.126. The van der Waals surface area contributed by atoms with Crippen molar-refractivity contribution in [2.24, 2.45) is 0 Å². The van der Waals surface area contributed by atoms with E-state index in [4.69, 9.17) is 4.74 Å². The minimum absolute atomic E-state index is 0.0173. The largest absolute Gasteiger partial charge is 0.381 e. The summed E-state index contributed by atoms with van der Waals surface area (Å²) in [6.45, 7) is 8.02. The van der Waals surface area contributed by atoms with E-state index >= 15 is 0 Å². The zero-order chi connectivity index (χ0) is 26.1. The van der Waals surface area contributed by atoms with Gasteiger partial charge < -0.3 is 14.5 Å². The second-order valence-corrected chi connectivity index (χ2v) is 9.72. The van der Waals surface area contributed by atoms with Crippen LogP contribution in [0.2, 0.25) is 0 Å². The predicted molar refractivity (Wildman–Crippen MR) is 145 cm³/mol. The van der Waals surface area contributed by atoms with Gasteiger partial charge >= 0.3 is 0 Å². The van der Waals surface area contributed by atoms with Crippen LogP contribution in [0.3, 0.4) is 0 Å². The van der Waals surface area contributed by atoms with Crippen LogP contribution in [0.1, 0.15) is 24.4 Å². The maximum absolute atomic E-state index is 11.9. The Bertz CT molecular complexity index is 1510. The number of aromatic nitrogens is 4. The molecule has 1 aromatic carbocycles. The van der Waals surface area contributed by atoms with Crippen LogP contribution in [-0.4, -0.2) is 69.6 Å². The van der Waals surface area contributed by atoms with Gasteiger partial charge in [-0.15, -0.1) is 0 Å². The number of benzene rings is 1. The van der Waals surface area contributed by atoms with Gasteiger partial charge in [0.05, 0.1) is 29.5 Å². The highest BCUT2D eigenvalue weighted by atomic mass is 16.5. The molecular weight excluding hydrogens is 478 g/mol. The van der Waals surface area contributed by atoms with E-state index < -0.39 is 0 Å². The van der Waals surface area contributed by atoms with Crippen LogP contribution in [0.5, 0.6) is 0 Å². The SMILES string of the molecule is C=CC(=O)N1CCN(c2ccc(-c3cc(-c4cnn(C5CCOCC5)c4)cn4ncc(C#N)c34)cc2)CC1. The van der Waals surface area contributed by atoms with Gasteiger partial charge in [-0.25, -0.2) is 4.52 Å². The van der Waals surface area contributed by atoms with Gasteiger partial charge in [0, 0.05) is 74.2 Å². The van der Waals surface area contributed by atoms with Gasteiger partial charge in [0.2, 0.25) is 5.91 Å². The van der Waals surface area contributed by atoms with Crippen molar-refractivity contribution in [3.8, 4) is 28.3 Å². The lowest BCUT2D eigenvalue weighted by Crippen LogP contribution is -2.48. The van der Waals surface area contributed by atoms with Gasteiger partial charge in [-0.3, -0.25) is 9.48 Å². The van der Waals surface area contributed by atoms with E-state index in [1.165, 1.54) is 6.08 Å². The van der Waals surface area contributed by atoms with Gasteiger partial charge in [-0.05, 0) is 42.7 Å². The van der Waals surface area contributed by atoms with E-state index in [-0.39, 0.29) is 5.91 Å². The number of carbonyl (C=O) groups is 1. The van der Waals surface area contributed by atoms with Gasteiger partial charge in [0.1, 0.15) is 6.07 Å². The summed E-state index contributed by atoms with van der Waals surface area (Å²) >= 11 is 0. The van der Waals surface area contributed by atoms with Crippen LogP contribution < -0.4 is 4.90 Å². The first-order valence-corrected chi connectivity index (χ1v) is 12.9. The number of carbonyl (C=O) groups excluding carboxylic acids is 1. The molecule has 38 heavy (non-hydrogen) atoms. The molecule has 6 rings (SSSR count). The Morgan fingerprint density at radius 3 is 2.47 bits per heavy atom. The average Bonchev–Trinajstić information content (AvgIpc) is 3.65. The van der Waals surface area contributed by atoms with Crippen molar-refractivity contribution in [3.63, 3.8) is 0 Å². The highest BCUT2D eigenvalue weighted by Crippen LogP contribution is 2.34. The number of hydrogen-bond donors (Lipinski definition) is 0. The van der Waals surface area contributed by atoms with Crippen molar-refractivity contribution in [2.75, 3.05) is 44.3 Å². The van der Waals surface area contributed by atoms with E-state index in [1.807, 2.05) is 22.0 Å². The van der Waals surface area contributed by atoms with Crippen molar-refractivity contribution in [2.45, 2.75) is 18.9 Å². The van der Waals surface area contributed by atoms with Crippen LogP contribution in [0, 0.1) is 11.3 Å². The molecule has 4 aromatic rings. The second-order valence-electron chi connectivity index (χ2n) is 9.72. The first kappa shape index (κ1) is 23.9. The molecule has 2 fully saturated rings. The number of anilines is 1. The molecule has 0 atom stereocenters. The molecule has 0 saturated carbocycles. The monoisotopic (exact) mass is 507 g/mol. The molecule has 2 aliphatic rings. The summed E-state index contributed by atoms with van der Waals surface area (Å²) in [5.74, 6) is -0.0173. The molecule has 0 N–H and O–H groups in total. The van der Waals surface area contributed by atoms with Crippen molar-refractivity contribution >= 4 is 17.1 Å². The Morgan fingerprint density at radius 1 is 1.00 bits per heavy atom. The Hall–Kier alpha value is -4.42. The van der Waals surface area contributed by atoms with E-state index in [0.717, 1.165) is 72.6 Å². The van der Waals surface area contributed by atoms with Crippen LogP contribution in [0.4, 0.5) is 5.69 Å². The van der Waals surface area contributed by atoms with E-state index in [1.54, 1.807) is 10.7 Å². The van der Waals surface area contributed by atoms with Crippen molar-refractivity contribution in [3.05, 3.63) is 73.3 Å². The van der Waals surface area contributed by atoms with Gasteiger partial charge in [0.15, 0.2) is 0 Å². The Kier molecular flexibility index (Phi) is 6.40. The molecule has 9 nitrogen and oxygen atoms in total. The number of ether oxygens (including phenoxy) is 1. The third kappa shape index (κ3) is 4.44. The van der Waals surface area contributed by atoms with E-state index in [9.17, 15) is 10.1 Å². The number of nitrogens with zero attached hydrogens (tertiary/aromatic N) is 7. The number of hydrogen-bond acceptors (Lipinski definition) is 6. The lowest BCUT2D eigenvalue weighted by atomic mass is 9.99. The molecule has 5 heterocycles. The molecule has 0 aliphatic carbocycles. The standard InChI is InChI=1S/C29H29N7O2/c1-2-28(37)34-11-9-33(10-12-34)25-5-3-21(4-6-25)27-15-22(19-36-29(27)23(16-30)17-32-36)24-18-31-35(20-24)26-7-13-38-14-8-26/h2-6,15,17-20,26H,1,7-14H2. The van der Waals surface area contributed by atoms with E-state index in [0.29, 0.717) is 24.7 Å². The third-order valence-electron chi connectivity index (χ3n) is 7.54. The van der Waals surface area contributed by atoms with Crippen molar-refractivity contribution in [1.82, 2.24) is 24.3 Å². The first-order valence-electron chi connectivity index (χ1n) is 12.9. The second kappa shape index (κ2) is 10.1. The summed E-state index contributed by atoms with van der Waals surface area (Å²) in [5.41, 5.74) is 6.40. The fourth-order valence-electron chi connectivity index (χ4n) is 5.38. The Balaban J connectivity index is 1.31. The highest BCUT2D eigenvalue weighted by Gasteiger charge is 2.21. The topological polar surface area (TPSA) is 91.7 Å². The Morgan fingerprint density at radius 2 is 1.76 bits per heavy atom. The van der Waals surface area contributed by atoms with Crippen molar-refractivity contribution in [1.29, 1.82) is 5.26 Å². The minimum atomic E-state index is -0.0173. The molecule has 3 aromatic heterocycles. The number of amides is 1. The fraction of sp³-hybridized carbons (Fsp3) is 0.310. The summed E-state index contributed by atoms with van der Waals surface area (Å²) in [5, 5.41) is 18.9. The van der Waals surface area contributed by atoms with Crippen LogP contribution in [0.25, 0.3) is 27.8 Å². The molecule has 0 unspecified atom stereocenters. The van der Waals surface area contributed by atoms with Crippen molar-refractivity contribution < 1.29 is 9.53 Å². The fourth-order valence-corrected chi connectivity index (χ4v) is 5.38. The predicted octanol–water partition coefficient (Wildman–Crippen LogP) is 3.92. The first-order chi connectivity index (χ1) is 18.6. The smallest absolute Gasteiger partial charge is 0.246 e. The number of rotatable bonds is 5. The molecule has 0 radical (unpaired) electrons. The number of nitriles is 1. The molecule has 2 aliphatic heterocycles. The third-order valence-corrected chi connectivity index (χ3v) is 7.54. The van der Waals surface area contributed by atoms with Crippen LogP contribution in [0.15, 0.2) is 67.8 Å². The summed E-state index contributed by atoms with van der Waals surface area (Å²) in [6, 6.07) is 13.2. The zero-order valence-corrected chi connectivity index (χ0v) is 21.2. The molecule has 9 heteroatoms. The average molecular weight is 508 g/mol. The molecule has 192 valence electrons. The summed E-state index contributed by atoms with van der Waals surface area (Å²) in [7, 11) is 0. The highest BCUT2D eigenvalue weighted by molar-refractivity contribution is 5.88. The van der Waals surface area contributed by atoms with E-state index in [2.05, 4.69) is 64.3 Å². The van der Waals surface area contributed by atoms with Gasteiger partial charge in [0.25, 0.3) is 0 Å². The summed E-state index contributed by atoms with van der Waals surface area (Å²) in [6.07, 6.45) is 10.9. The minimum Gasteiger partial charge on any atom is -0.381 e. The maximum Gasteiger partial charge on any atom is 0.246 e. The van der Waals surface area contributed by atoms with Gasteiger partial charge in [-0.2, -0.15) is 15.5 Å². The normalized spacial score (nSPS) is 16.5. The molecular formula is C29H29N7O2. The molecule has 2 saturated heterocycles. The lowest BCUT2D eigenvalue weighted by Gasteiger charge is -2.35. The summed E-state index contributed by atoms with van der Waals surface area (Å²) in [4.78, 5) is 16.0.